The van der Waals surface area contributed by atoms with Crippen molar-refractivity contribution in [1.29, 1.82) is 0 Å². The third-order valence-electron chi connectivity index (χ3n) is 4.37. The van der Waals surface area contributed by atoms with E-state index in [0.717, 1.165) is 32.1 Å². The molecule has 1 aliphatic rings. The zero-order valence-corrected chi connectivity index (χ0v) is 13.2. The van der Waals surface area contributed by atoms with Crippen molar-refractivity contribution in [1.82, 2.24) is 0 Å². The van der Waals surface area contributed by atoms with Crippen LogP contribution in [0.5, 0.6) is 0 Å². The average Bonchev–Trinajstić information content (AvgIpc) is 2.59. The molecule has 0 heterocycles. The highest BCUT2D eigenvalue weighted by Gasteiger charge is 2.26. The summed E-state index contributed by atoms with van der Waals surface area (Å²) < 4.78 is 5.12. The number of Topliss-reactive ketones (excluding diaryl/α,β-unsaturated/α-hetero) is 1. The van der Waals surface area contributed by atoms with Crippen LogP contribution in [0.4, 0.5) is 0 Å². The molecule has 1 fully saturated rings. The van der Waals surface area contributed by atoms with Crippen molar-refractivity contribution in [3.8, 4) is 0 Å². The number of ether oxygens (including phenoxy) is 1. The fourth-order valence-corrected chi connectivity index (χ4v) is 2.97. The maximum atomic E-state index is 12.6. The van der Waals surface area contributed by atoms with E-state index in [-0.39, 0.29) is 17.7 Å². The molecule has 0 amide bonds. The lowest BCUT2D eigenvalue weighted by Crippen LogP contribution is -2.26. The lowest BCUT2D eigenvalue weighted by atomic mass is 9.78. The van der Waals surface area contributed by atoms with E-state index in [2.05, 4.69) is 0 Å². The number of carbonyl (C=O) groups is 2. The van der Waals surface area contributed by atoms with E-state index in [0.29, 0.717) is 30.2 Å². The van der Waals surface area contributed by atoms with Crippen molar-refractivity contribution in [3.05, 3.63) is 35.4 Å². The fourth-order valence-electron chi connectivity index (χ4n) is 2.97. The van der Waals surface area contributed by atoms with Gasteiger partial charge in [0.05, 0.1) is 12.2 Å². The zero-order valence-electron chi connectivity index (χ0n) is 13.2. The molecule has 2 rings (SSSR count). The number of carbonyl (C=O) groups excluding carboxylic acids is 2. The molecule has 22 heavy (non-hydrogen) atoms. The number of benzene rings is 1. The van der Waals surface area contributed by atoms with E-state index in [9.17, 15) is 9.59 Å². The van der Waals surface area contributed by atoms with Crippen LogP contribution in [0.3, 0.4) is 0 Å². The van der Waals surface area contributed by atoms with Gasteiger partial charge in [-0.1, -0.05) is 19.1 Å². The van der Waals surface area contributed by atoms with Gasteiger partial charge in [0.1, 0.15) is 0 Å². The van der Waals surface area contributed by atoms with Crippen molar-refractivity contribution in [2.45, 2.75) is 39.0 Å². The lowest BCUT2D eigenvalue weighted by Gasteiger charge is -2.26. The highest BCUT2D eigenvalue weighted by molar-refractivity contribution is 6.00. The van der Waals surface area contributed by atoms with Crippen LogP contribution in [0.2, 0.25) is 0 Å². The summed E-state index contributed by atoms with van der Waals surface area (Å²) in [5.41, 5.74) is 6.76. The molecule has 0 radical (unpaired) electrons. The minimum Gasteiger partial charge on any atom is -0.462 e. The van der Waals surface area contributed by atoms with Crippen LogP contribution in [0.25, 0.3) is 0 Å². The maximum absolute atomic E-state index is 12.6. The molecule has 1 saturated carbocycles. The topological polar surface area (TPSA) is 69.4 Å². The summed E-state index contributed by atoms with van der Waals surface area (Å²) in [4.78, 5) is 24.5. The number of nitrogens with two attached hydrogens (primary N) is 1. The number of hydrogen-bond donors (Lipinski definition) is 1. The van der Waals surface area contributed by atoms with Crippen LogP contribution in [-0.2, 0) is 4.74 Å². The second kappa shape index (κ2) is 8.08. The largest absolute Gasteiger partial charge is 0.462 e. The summed E-state index contributed by atoms with van der Waals surface area (Å²) in [6.07, 6.45) is 4.61. The van der Waals surface area contributed by atoms with Crippen LogP contribution >= 0.6 is 0 Å². The fraction of sp³-hybridized carbons (Fsp3) is 0.556. The highest BCUT2D eigenvalue weighted by Crippen LogP contribution is 2.30. The molecule has 1 aliphatic carbocycles. The molecule has 2 N–H and O–H groups in total. The van der Waals surface area contributed by atoms with E-state index in [4.69, 9.17) is 10.5 Å². The molecule has 0 bridgehead atoms. The number of ketones is 1. The maximum Gasteiger partial charge on any atom is 0.338 e. The summed E-state index contributed by atoms with van der Waals surface area (Å²) >= 11 is 0. The molecule has 120 valence electrons. The average molecular weight is 303 g/mol. The van der Waals surface area contributed by atoms with E-state index in [1.165, 1.54) is 0 Å². The van der Waals surface area contributed by atoms with Crippen molar-refractivity contribution in [2.24, 2.45) is 17.6 Å². The molecule has 0 aliphatic heterocycles. The SMILES string of the molecule is CCCOC(=O)c1cccc(C(=O)C2CCC(CN)CC2)c1. The number of hydrogen-bond acceptors (Lipinski definition) is 4. The summed E-state index contributed by atoms with van der Waals surface area (Å²) in [6, 6.07) is 6.89. The molecule has 0 unspecified atom stereocenters. The Labute approximate surface area is 132 Å². The Morgan fingerprint density at radius 1 is 1.18 bits per heavy atom. The predicted octanol–water partition coefficient (Wildman–Crippen LogP) is 3.20. The minimum absolute atomic E-state index is 0.0599. The molecule has 1 aromatic rings. The van der Waals surface area contributed by atoms with Crippen LogP contribution in [0.1, 0.15) is 59.7 Å². The van der Waals surface area contributed by atoms with Gasteiger partial charge in [0, 0.05) is 11.5 Å². The summed E-state index contributed by atoms with van der Waals surface area (Å²) in [6.45, 7) is 3.06. The first kappa shape index (κ1) is 16.7. The monoisotopic (exact) mass is 303 g/mol. The van der Waals surface area contributed by atoms with Crippen LogP contribution in [0, 0.1) is 11.8 Å². The van der Waals surface area contributed by atoms with Gasteiger partial charge in [-0.2, -0.15) is 0 Å². The zero-order chi connectivity index (χ0) is 15.9. The van der Waals surface area contributed by atoms with E-state index < -0.39 is 0 Å². The number of rotatable bonds is 6. The first-order valence-electron chi connectivity index (χ1n) is 8.17. The van der Waals surface area contributed by atoms with E-state index >= 15 is 0 Å². The van der Waals surface area contributed by atoms with Gasteiger partial charge >= 0.3 is 5.97 Å². The van der Waals surface area contributed by atoms with Crippen molar-refractivity contribution < 1.29 is 14.3 Å². The molecule has 0 saturated heterocycles. The Morgan fingerprint density at radius 2 is 1.86 bits per heavy atom. The lowest BCUT2D eigenvalue weighted by molar-refractivity contribution is 0.0505. The van der Waals surface area contributed by atoms with Gasteiger partial charge in [0.2, 0.25) is 0 Å². The Balaban J connectivity index is 2.03. The molecular formula is C18H25NO3. The third kappa shape index (κ3) is 4.17. The summed E-state index contributed by atoms with van der Waals surface area (Å²) in [5, 5.41) is 0. The van der Waals surface area contributed by atoms with Crippen molar-refractivity contribution >= 4 is 11.8 Å². The third-order valence-corrected chi connectivity index (χ3v) is 4.37. The summed E-state index contributed by atoms with van der Waals surface area (Å²) in [5.74, 6) is 0.396. The molecule has 0 atom stereocenters. The van der Waals surface area contributed by atoms with Gasteiger partial charge in [-0.15, -0.1) is 0 Å². The van der Waals surface area contributed by atoms with Crippen LogP contribution in [-0.4, -0.2) is 24.9 Å². The van der Waals surface area contributed by atoms with Crippen molar-refractivity contribution in [2.75, 3.05) is 13.2 Å². The van der Waals surface area contributed by atoms with Gasteiger partial charge < -0.3 is 10.5 Å². The number of esters is 1. The van der Waals surface area contributed by atoms with Crippen LogP contribution < -0.4 is 5.73 Å². The molecule has 0 aromatic heterocycles. The first-order valence-corrected chi connectivity index (χ1v) is 8.17. The predicted molar refractivity (Wildman–Crippen MR) is 85.8 cm³/mol. The smallest absolute Gasteiger partial charge is 0.338 e. The Morgan fingerprint density at radius 3 is 2.50 bits per heavy atom. The second-order valence-corrected chi connectivity index (χ2v) is 6.03. The van der Waals surface area contributed by atoms with Gasteiger partial charge in [-0.25, -0.2) is 4.79 Å². The van der Waals surface area contributed by atoms with Crippen molar-refractivity contribution in [3.63, 3.8) is 0 Å². The van der Waals surface area contributed by atoms with E-state index in [1.54, 1.807) is 24.3 Å². The molecule has 0 spiro atoms. The molecule has 1 aromatic carbocycles. The van der Waals surface area contributed by atoms with Gasteiger partial charge in [-0.05, 0) is 56.7 Å². The Bertz CT molecular complexity index is 519. The molecular weight excluding hydrogens is 278 g/mol. The Hall–Kier alpha value is -1.68. The van der Waals surface area contributed by atoms with Gasteiger partial charge in [-0.3, -0.25) is 4.79 Å². The highest BCUT2D eigenvalue weighted by atomic mass is 16.5. The van der Waals surface area contributed by atoms with E-state index in [1.807, 2.05) is 6.92 Å². The summed E-state index contributed by atoms with van der Waals surface area (Å²) in [7, 11) is 0. The molecule has 4 heteroatoms. The van der Waals surface area contributed by atoms with Crippen LogP contribution in [0.15, 0.2) is 24.3 Å². The Kier molecular flexibility index (Phi) is 6.13. The quantitative estimate of drug-likeness (QED) is 0.647. The minimum atomic E-state index is -0.358. The van der Waals surface area contributed by atoms with Gasteiger partial charge in [0.15, 0.2) is 5.78 Å². The second-order valence-electron chi connectivity index (χ2n) is 6.03. The van der Waals surface area contributed by atoms with Gasteiger partial charge in [0.25, 0.3) is 0 Å². The first-order chi connectivity index (χ1) is 10.7. The molecule has 4 nitrogen and oxygen atoms in total. The standard InChI is InChI=1S/C18H25NO3/c1-2-10-22-18(21)16-5-3-4-15(11-16)17(20)14-8-6-13(12-19)7-9-14/h3-5,11,13-14H,2,6-10,12,19H2,1H3. The normalized spacial score (nSPS) is 21.4.